The molecule has 2 aromatic heterocycles. The van der Waals surface area contributed by atoms with E-state index in [9.17, 15) is 0 Å². The molecule has 1 unspecified atom stereocenters. The van der Waals surface area contributed by atoms with E-state index in [0.29, 0.717) is 5.92 Å². The zero-order chi connectivity index (χ0) is 15.8. The maximum atomic E-state index is 4.36. The molecule has 0 saturated heterocycles. The van der Waals surface area contributed by atoms with E-state index in [2.05, 4.69) is 77.1 Å². The third kappa shape index (κ3) is 2.57. The van der Waals surface area contributed by atoms with Crippen LogP contribution in [0.4, 0.5) is 5.95 Å². The number of allylic oxidation sites excluding steroid dienone is 1. The minimum absolute atomic E-state index is 0.0912. The van der Waals surface area contributed by atoms with E-state index in [0.717, 1.165) is 11.6 Å². The molecule has 1 aliphatic rings. The summed E-state index contributed by atoms with van der Waals surface area (Å²) in [6, 6.07) is 13.0. The molecule has 0 amide bonds. The number of anilines is 1. The highest BCUT2D eigenvalue weighted by Crippen LogP contribution is 2.34. The standard InChI is InChI=1S/C18H18N4S/c1-12(2)13-5-7-14(8-6-13)15-10-16(17-4-3-9-23-17)22-18(21-15)19-11-20-22/h3-12,16H,1-2H3,(H,19,20,21). The van der Waals surface area contributed by atoms with Crippen LogP contribution in [0.3, 0.4) is 0 Å². The second kappa shape index (κ2) is 5.66. The lowest BCUT2D eigenvalue weighted by molar-refractivity contribution is 0.620. The molecular formula is C18H18N4S. The lowest BCUT2D eigenvalue weighted by atomic mass is 10.00. The Bertz CT molecular complexity index is 828. The zero-order valence-electron chi connectivity index (χ0n) is 13.1. The Kier molecular flexibility index (Phi) is 3.50. The third-order valence-corrected chi connectivity index (χ3v) is 5.07. The van der Waals surface area contributed by atoms with Crippen LogP contribution < -0.4 is 5.32 Å². The maximum absolute atomic E-state index is 4.36. The predicted molar refractivity (Wildman–Crippen MR) is 94.6 cm³/mol. The van der Waals surface area contributed by atoms with Crippen LogP contribution in [-0.2, 0) is 0 Å². The first-order chi connectivity index (χ1) is 11.2. The van der Waals surface area contributed by atoms with Gasteiger partial charge in [-0.1, -0.05) is 44.2 Å². The lowest BCUT2D eigenvalue weighted by Gasteiger charge is -2.23. The molecule has 1 atom stereocenters. The minimum atomic E-state index is 0.0912. The van der Waals surface area contributed by atoms with Crippen LogP contribution in [0, 0.1) is 0 Å². The predicted octanol–water partition coefficient (Wildman–Crippen LogP) is 4.52. The van der Waals surface area contributed by atoms with Crippen molar-refractivity contribution in [3.05, 3.63) is 70.2 Å². The zero-order valence-corrected chi connectivity index (χ0v) is 13.9. The van der Waals surface area contributed by atoms with Crippen molar-refractivity contribution in [2.45, 2.75) is 25.8 Å². The Morgan fingerprint density at radius 1 is 1.17 bits per heavy atom. The molecule has 1 N–H and O–H groups in total. The van der Waals surface area contributed by atoms with E-state index in [4.69, 9.17) is 0 Å². The number of nitrogens with one attached hydrogen (secondary N) is 1. The van der Waals surface area contributed by atoms with Crippen molar-refractivity contribution in [1.29, 1.82) is 0 Å². The van der Waals surface area contributed by atoms with Crippen LogP contribution in [0.5, 0.6) is 0 Å². The van der Waals surface area contributed by atoms with Crippen LogP contribution in [0.2, 0.25) is 0 Å². The molecule has 0 spiro atoms. The van der Waals surface area contributed by atoms with Crippen molar-refractivity contribution < 1.29 is 0 Å². The van der Waals surface area contributed by atoms with E-state index < -0.39 is 0 Å². The molecule has 1 aromatic carbocycles. The lowest BCUT2D eigenvalue weighted by Crippen LogP contribution is -2.19. The van der Waals surface area contributed by atoms with Gasteiger partial charge in [-0.15, -0.1) is 11.3 Å². The van der Waals surface area contributed by atoms with Gasteiger partial charge < -0.3 is 5.32 Å². The molecule has 1 aliphatic heterocycles. The number of thiophene rings is 1. The highest BCUT2D eigenvalue weighted by molar-refractivity contribution is 7.10. The molecule has 3 heterocycles. The van der Waals surface area contributed by atoms with Crippen LogP contribution in [0.1, 0.15) is 41.8 Å². The summed E-state index contributed by atoms with van der Waals surface area (Å²) in [6.07, 6.45) is 3.82. The molecule has 4 rings (SSSR count). The van der Waals surface area contributed by atoms with Crippen LogP contribution in [0.25, 0.3) is 5.70 Å². The quantitative estimate of drug-likeness (QED) is 0.771. The molecule has 3 aromatic rings. The Labute approximate surface area is 139 Å². The summed E-state index contributed by atoms with van der Waals surface area (Å²) in [6.45, 7) is 4.42. The van der Waals surface area contributed by atoms with Crippen molar-refractivity contribution >= 4 is 23.0 Å². The fraction of sp³-hybridized carbons (Fsp3) is 0.222. The van der Waals surface area contributed by atoms with Crippen LogP contribution in [-0.4, -0.2) is 14.8 Å². The molecule has 23 heavy (non-hydrogen) atoms. The van der Waals surface area contributed by atoms with Crippen molar-refractivity contribution in [3.63, 3.8) is 0 Å². The van der Waals surface area contributed by atoms with E-state index >= 15 is 0 Å². The average molecular weight is 322 g/mol. The molecule has 0 bridgehead atoms. The fourth-order valence-corrected chi connectivity index (χ4v) is 3.59. The number of rotatable bonds is 3. The monoisotopic (exact) mass is 322 g/mol. The average Bonchev–Trinajstić information content (AvgIpc) is 3.25. The third-order valence-electron chi connectivity index (χ3n) is 4.13. The fourth-order valence-electron chi connectivity index (χ4n) is 2.81. The first kappa shape index (κ1) is 14.2. The summed E-state index contributed by atoms with van der Waals surface area (Å²) in [7, 11) is 0. The summed E-state index contributed by atoms with van der Waals surface area (Å²) in [5, 5.41) is 9.85. The SMILES string of the molecule is CC(C)c1ccc(C2=CC(c3cccs3)n3ncnc3N2)cc1. The van der Waals surface area contributed by atoms with Gasteiger partial charge in [-0.25, -0.2) is 4.68 Å². The van der Waals surface area contributed by atoms with E-state index in [1.165, 1.54) is 16.0 Å². The van der Waals surface area contributed by atoms with Gasteiger partial charge in [0.25, 0.3) is 0 Å². The van der Waals surface area contributed by atoms with Gasteiger partial charge in [0, 0.05) is 10.6 Å². The molecule has 4 nitrogen and oxygen atoms in total. The molecule has 0 fully saturated rings. The van der Waals surface area contributed by atoms with Gasteiger partial charge >= 0.3 is 0 Å². The Balaban J connectivity index is 1.74. The first-order valence-corrected chi connectivity index (χ1v) is 8.62. The van der Waals surface area contributed by atoms with E-state index in [1.807, 2.05) is 4.68 Å². The largest absolute Gasteiger partial charge is 0.324 e. The van der Waals surface area contributed by atoms with Crippen LogP contribution in [0.15, 0.2) is 54.2 Å². The Hall–Kier alpha value is -2.40. The normalized spacial score (nSPS) is 16.8. The van der Waals surface area contributed by atoms with Crippen molar-refractivity contribution in [3.8, 4) is 0 Å². The highest BCUT2D eigenvalue weighted by Gasteiger charge is 2.23. The molecule has 116 valence electrons. The van der Waals surface area contributed by atoms with Gasteiger partial charge in [0.15, 0.2) is 0 Å². The smallest absolute Gasteiger partial charge is 0.226 e. The summed E-state index contributed by atoms with van der Waals surface area (Å²) in [4.78, 5) is 5.60. The Morgan fingerprint density at radius 2 is 2.00 bits per heavy atom. The second-order valence-electron chi connectivity index (χ2n) is 5.97. The number of fused-ring (bicyclic) bond motifs is 1. The minimum Gasteiger partial charge on any atom is -0.324 e. The van der Waals surface area contributed by atoms with Gasteiger partial charge in [0.1, 0.15) is 12.4 Å². The topological polar surface area (TPSA) is 42.7 Å². The summed E-state index contributed by atoms with van der Waals surface area (Å²) >= 11 is 1.74. The summed E-state index contributed by atoms with van der Waals surface area (Å²) < 4.78 is 1.93. The Morgan fingerprint density at radius 3 is 2.70 bits per heavy atom. The molecule has 0 aliphatic carbocycles. The second-order valence-corrected chi connectivity index (χ2v) is 6.95. The van der Waals surface area contributed by atoms with Crippen molar-refractivity contribution in [1.82, 2.24) is 14.8 Å². The number of hydrogen-bond donors (Lipinski definition) is 1. The molecule has 0 radical (unpaired) electrons. The highest BCUT2D eigenvalue weighted by atomic mass is 32.1. The van der Waals surface area contributed by atoms with E-state index in [1.54, 1.807) is 17.7 Å². The number of benzene rings is 1. The van der Waals surface area contributed by atoms with E-state index in [-0.39, 0.29) is 6.04 Å². The molecule has 0 saturated carbocycles. The molecule has 5 heteroatoms. The summed E-state index contributed by atoms with van der Waals surface area (Å²) in [5.41, 5.74) is 3.60. The van der Waals surface area contributed by atoms with Gasteiger partial charge in [-0.3, -0.25) is 0 Å². The number of aromatic nitrogens is 3. The molecular weight excluding hydrogens is 304 g/mol. The van der Waals surface area contributed by atoms with Gasteiger partial charge in [-0.2, -0.15) is 10.1 Å². The van der Waals surface area contributed by atoms with Crippen LogP contribution >= 0.6 is 11.3 Å². The first-order valence-electron chi connectivity index (χ1n) is 7.74. The van der Waals surface area contributed by atoms with Gasteiger partial charge in [0.05, 0.1) is 0 Å². The van der Waals surface area contributed by atoms with Gasteiger partial charge in [-0.05, 0) is 34.6 Å². The number of hydrogen-bond acceptors (Lipinski definition) is 4. The summed E-state index contributed by atoms with van der Waals surface area (Å²) in [5.74, 6) is 1.33. The van der Waals surface area contributed by atoms with Crippen molar-refractivity contribution in [2.75, 3.05) is 5.32 Å². The van der Waals surface area contributed by atoms with Gasteiger partial charge in [0.2, 0.25) is 5.95 Å². The van der Waals surface area contributed by atoms with Crippen molar-refractivity contribution in [2.24, 2.45) is 0 Å². The number of nitrogens with zero attached hydrogens (tertiary/aromatic N) is 3. The maximum Gasteiger partial charge on any atom is 0.226 e.